The summed E-state index contributed by atoms with van der Waals surface area (Å²) in [5.74, 6) is 1.34. The summed E-state index contributed by atoms with van der Waals surface area (Å²) in [5, 5.41) is 10.5. The summed E-state index contributed by atoms with van der Waals surface area (Å²) in [6.45, 7) is 12.8. The van der Waals surface area contributed by atoms with Crippen molar-refractivity contribution >= 4 is 0 Å². The maximum Gasteiger partial charge on any atom is 0.101 e. The second-order valence-corrected chi connectivity index (χ2v) is 7.70. The summed E-state index contributed by atoms with van der Waals surface area (Å²) < 4.78 is 0. The molecule has 0 amide bonds. The van der Waals surface area contributed by atoms with Crippen LogP contribution in [0.1, 0.15) is 26.2 Å². The van der Waals surface area contributed by atoms with Gasteiger partial charge in [-0.25, -0.2) is 0 Å². The van der Waals surface area contributed by atoms with Crippen molar-refractivity contribution in [1.29, 1.82) is 0 Å². The number of nitrogens with zero attached hydrogens (tertiary/aromatic N) is 3. The van der Waals surface area contributed by atoms with Crippen molar-refractivity contribution in [3.63, 3.8) is 0 Å². The topological polar surface area (TPSA) is 45.8 Å². The lowest BCUT2D eigenvalue weighted by Crippen LogP contribution is -2.58. The van der Waals surface area contributed by atoms with Gasteiger partial charge in [-0.05, 0) is 53.0 Å². The molecule has 3 aliphatic rings. The standard InChI is InChI=1S/C19H38N6/c1-4-23(3)16-6-9-21-19-18(16)17(7-10-22-19)25-14-12-24(13-15-25)11-5-8-20-2/h16-17,20-22H,4-15H2,1-3H3. The molecule has 2 unspecified atom stereocenters. The molecule has 1 fully saturated rings. The van der Waals surface area contributed by atoms with Crippen molar-refractivity contribution in [1.82, 2.24) is 30.7 Å². The van der Waals surface area contributed by atoms with Gasteiger partial charge in [-0.3, -0.25) is 9.80 Å². The van der Waals surface area contributed by atoms with Crippen LogP contribution in [-0.2, 0) is 0 Å². The van der Waals surface area contributed by atoms with Crippen LogP contribution in [-0.4, -0.2) is 99.8 Å². The highest BCUT2D eigenvalue weighted by Gasteiger charge is 2.37. The molecule has 6 nitrogen and oxygen atoms in total. The van der Waals surface area contributed by atoms with Crippen LogP contribution in [0.3, 0.4) is 0 Å². The van der Waals surface area contributed by atoms with Crippen molar-refractivity contribution in [2.24, 2.45) is 0 Å². The number of rotatable bonds is 7. The normalized spacial score (nSPS) is 28.6. The number of likely N-dealkylation sites (N-methyl/N-ethyl adjacent to an activating group) is 1. The van der Waals surface area contributed by atoms with Gasteiger partial charge in [0.1, 0.15) is 5.82 Å². The monoisotopic (exact) mass is 350 g/mol. The zero-order chi connectivity index (χ0) is 17.6. The first-order chi connectivity index (χ1) is 12.2. The van der Waals surface area contributed by atoms with Crippen LogP contribution < -0.4 is 16.0 Å². The van der Waals surface area contributed by atoms with Crippen LogP contribution in [0.15, 0.2) is 11.4 Å². The summed E-state index contributed by atoms with van der Waals surface area (Å²) in [6.07, 6.45) is 3.73. The third kappa shape index (κ3) is 4.48. The highest BCUT2D eigenvalue weighted by Crippen LogP contribution is 2.30. The first-order valence-corrected chi connectivity index (χ1v) is 10.3. The zero-order valence-electron chi connectivity index (χ0n) is 16.5. The van der Waals surface area contributed by atoms with E-state index >= 15 is 0 Å². The van der Waals surface area contributed by atoms with Crippen LogP contribution in [0.25, 0.3) is 0 Å². The molecule has 3 heterocycles. The molecule has 2 atom stereocenters. The number of hydrogen-bond donors (Lipinski definition) is 3. The molecule has 3 aliphatic heterocycles. The molecule has 0 saturated carbocycles. The Morgan fingerprint density at radius 2 is 1.84 bits per heavy atom. The van der Waals surface area contributed by atoms with Crippen molar-refractivity contribution in [3.05, 3.63) is 11.4 Å². The highest BCUT2D eigenvalue weighted by atomic mass is 15.3. The number of nitrogens with one attached hydrogen (secondary N) is 3. The Kier molecular flexibility index (Phi) is 6.99. The lowest BCUT2D eigenvalue weighted by atomic mass is 9.87. The average molecular weight is 351 g/mol. The zero-order valence-corrected chi connectivity index (χ0v) is 16.5. The van der Waals surface area contributed by atoms with Crippen LogP contribution in [0.4, 0.5) is 0 Å². The lowest BCUT2D eigenvalue weighted by Gasteiger charge is -2.47. The van der Waals surface area contributed by atoms with Crippen molar-refractivity contribution < 1.29 is 0 Å². The minimum atomic E-state index is 0.590. The quantitative estimate of drug-likeness (QED) is 0.566. The van der Waals surface area contributed by atoms with Crippen molar-refractivity contribution in [2.45, 2.75) is 38.3 Å². The fourth-order valence-corrected chi connectivity index (χ4v) is 4.64. The van der Waals surface area contributed by atoms with Crippen LogP contribution in [0.5, 0.6) is 0 Å². The average Bonchev–Trinajstić information content (AvgIpc) is 2.67. The fourth-order valence-electron chi connectivity index (χ4n) is 4.64. The molecular formula is C19H38N6. The number of piperazine rings is 1. The van der Waals surface area contributed by atoms with E-state index in [0.29, 0.717) is 12.1 Å². The van der Waals surface area contributed by atoms with Gasteiger partial charge in [0.2, 0.25) is 0 Å². The summed E-state index contributed by atoms with van der Waals surface area (Å²) in [6, 6.07) is 1.20. The summed E-state index contributed by atoms with van der Waals surface area (Å²) in [4.78, 5) is 7.93. The Morgan fingerprint density at radius 3 is 2.52 bits per heavy atom. The van der Waals surface area contributed by atoms with E-state index < -0.39 is 0 Å². The van der Waals surface area contributed by atoms with Crippen molar-refractivity contribution in [3.8, 4) is 0 Å². The predicted molar refractivity (Wildman–Crippen MR) is 105 cm³/mol. The summed E-state index contributed by atoms with van der Waals surface area (Å²) >= 11 is 0. The summed E-state index contributed by atoms with van der Waals surface area (Å²) in [7, 11) is 4.33. The molecule has 0 spiro atoms. The van der Waals surface area contributed by atoms with E-state index in [1.54, 1.807) is 5.57 Å². The fraction of sp³-hybridized carbons (Fsp3) is 0.895. The second-order valence-electron chi connectivity index (χ2n) is 7.70. The summed E-state index contributed by atoms with van der Waals surface area (Å²) in [5.41, 5.74) is 1.63. The minimum absolute atomic E-state index is 0.590. The maximum atomic E-state index is 3.64. The molecule has 25 heavy (non-hydrogen) atoms. The first kappa shape index (κ1) is 19.0. The SMILES string of the molecule is CCN(C)C1CCNC2=C1C(N1CCN(CCCNC)CC1)CCN2. The molecule has 0 radical (unpaired) electrons. The Morgan fingerprint density at radius 1 is 1.12 bits per heavy atom. The first-order valence-electron chi connectivity index (χ1n) is 10.3. The molecular weight excluding hydrogens is 312 g/mol. The molecule has 0 aromatic heterocycles. The van der Waals surface area contributed by atoms with Crippen LogP contribution in [0.2, 0.25) is 0 Å². The highest BCUT2D eigenvalue weighted by molar-refractivity contribution is 5.29. The van der Waals surface area contributed by atoms with E-state index in [1.807, 2.05) is 7.05 Å². The van der Waals surface area contributed by atoms with Gasteiger partial charge in [0, 0.05) is 56.9 Å². The van der Waals surface area contributed by atoms with Gasteiger partial charge in [0.25, 0.3) is 0 Å². The van der Waals surface area contributed by atoms with Crippen molar-refractivity contribution in [2.75, 3.05) is 73.0 Å². The Labute approximate surface area is 154 Å². The molecule has 1 saturated heterocycles. The van der Waals surface area contributed by atoms with Gasteiger partial charge in [-0.1, -0.05) is 6.92 Å². The maximum absolute atomic E-state index is 3.64. The lowest BCUT2D eigenvalue weighted by molar-refractivity contribution is 0.0900. The smallest absolute Gasteiger partial charge is 0.101 e. The number of hydrogen-bond acceptors (Lipinski definition) is 6. The van der Waals surface area contributed by atoms with Crippen LogP contribution >= 0.6 is 0 Å². The predicted octanol–water partition coefficient (Wildman–Crippen LogP) is 0.101. The Bertz CT molecular complexity index is 439. The molecule has 3 N–H and O–H groups in total. The molecule has 0 aromatic carbocycles. The molecule has 144 valence electrons. The van der Waals surface area contributed by atoms with Gasteiger partial charge in [-0.2, -0.15) is 0 Å². The molecule has 0 bridgehead atoms. The van der Waals surface area contributed by atoms with E-state index in [0.717, 1.165) is 26.2 Å². The van der Waals surface area contributed by atoms with Gasteiger partial charge >= 0.3 is 0 Å². The Hall–Kier alpha value is -0.820. The third-order valence-corrected chi connectivity index (χ3v) is 6.23. The van der Waals surface area contributed by atoms with Gasteiger partial charge in [0.05, 0.1) is 0 Å². The van der Waals surface area contributed by atoms with Crippen LogP contribution in [0, 0.1) is 0 Å². The largest absolute Gasteiger partial charge is 0.372 e. The minimum Gasteiger partial charge on any atom is -0.372 e. The van der Waals surface area contributed by atoms with Gasteiger partial charge < -0.3 is 20.9 Å². The van der Waals surface area contributed by atoms with Gasteiger partial charge in [0.15, 0.2) is 0 Å². The molecule has 6 heteroatoms. The van der Waals surface area contributed by atoms with E-state index in [4.69, 9.17) is 0 Å². The molecule has 0 aliphatic carbocycles. The molecule has 3 rings (SSSR count). The van der Waals surface area contributed by atoms with E-state index in [9.17, 15) is 0 Å². The van der Waals surface area contributed by atoms with Gasteiger partial charge in [-0.15, -0.1) is 0 Å². The van der Waals surface area contributed by atoms with E-state index in [-0.39, 0.29) is 0 Å². The third-order valence-electron chi connectivity index (χ3n) is 6.23. The Balaban J connectivity index is 1.63. The van der Waals surface area contributed by atoms with E-state index in [1.165, 1.54) is 57.8 Å². The van der Waals surface area contributed by atoms with E-state index in [2.05, 4.69) is 44.6 Å². The molecule has 0 aromatic rings. The second kappa shape index (κ2) is 9.21.